The van der Waals surface area contributed by atoms with Crippen molar-refractivity contribution in [2.75, 3.05) is 12.3 Å². The van der Waals surface area contributed by atoms with E-state index in [2.05, 4.69) is 20.0 Å². The molecule has 0 bridgehead atoms. The molecule has 6 nitrogen and oxygen atoms in total. The highest BCUT2D eigenvalue weighted by atomic mass is 19.4. The molecule has 0 aliphatic carbocycles. The Bertz CT molecular complexity index is 997. The molecule has 146 valence electrons. The average Bonchev–Trinajstić information content (AvgIpc) is 3.00. The molecule has 0 saturated carbocycles. The van der Waals surface area contributed by atoms with Crippen LogP contribution >= 0.6 is 0 Å². The lowest BCUT2D eigenvalue weighted by molar-refractivity contribution is -0.141. The third kappa shape index (κ3) is 3.45. The van der Waals surface area contributed by atoms with E-state index in [1.165, 1.54) is 6.07 Å². The van der Waals surface area contributed by atoms with Crippen LogP contribution in [-0.4, -0.2) is 31.2 Å². The highest BCUT2D eigenvalue weighted by molar-refractivity contribution is 5.59. The van der Waals surface area contributed by atoms with E-state index < -0.39 is 11.9 Å². The molecule has 0 radical (unpaired) electrons. The predicted octanol–water partition coefficient (Wildman–Crippen LogP) is 3.27. The smallest absolute Gasteiger partial charge is 0.383 e. The van der Waals surface area contributed by atoms with Crippen LogP contribution in [0.15, 0.2) is 36.5 Å². The predicted molar refractivity (Wildman–Crippen MR) is 98.0 cm³/mol. The van der Waals surface area contributed by atoms with Crippen molar-refractivity contribution < 1.29 is 13.2 Å². The number of halogens is 3. The van der Waals surface area contributed by atoms with Crippen LogP contribution < -0.4 is 5.73 Å². The quantitative estimate of drug-likeness (QED) is 0.746. The SMILES string of the molecule is Cc1c(-c2ccccn2)nn2c1CN(Cc1ccc(C(F)(F)F)nc1N)CC2. The second-order valence-electron chi connectivity index (χ2n) is 6.81. The molecule has 0 amide bonds. The maximum atomic E-state index is 12.8. The van der Waals surface area contributed by atoms with Gasteiger partial charge in [-0.25, -0.2) is 4.98 Å². The first-order valence-electron chi connectivity index (χ1n) is 8.85. The molecule has 0 aromatic carbocycles. The fourth-order valence-corrected chi connectivity index (χ4v) is 3.42. The number of aromatic nitrogens is 4. The van der Waals surface area contributed by atoms with Crippen molar-refractivity contribution in [2.24, 2.45) is 0 Å². The fourth-order valence-electron chi connectivity index (χ4n) is 3.42. The molecule has 1 aliphatic heterocycles. The van der Waals surface area contributed by atoms with Gasteiger partial charge in [-0.1, -0.05) is 12.1 Å². The zero-order valence-corrected chi connectivity index (χ0v) is 15.2. The van der Waals surface area contributed by atoms with Crippen LogP contribution in [0.25, 0.3) is 11.4 Å². The largest absolute Gasteiger partial charge is 0.433 e. The van der Waals surface area contributed by atoms with E-state index in [1.54, 1.807) is 6.20 Å². The second kappa shape index (κ2) is 6.90. The van der Waals surface area contributed by atoms with E-state index in [-0.39, 0.29) is 5.82 Å². The zero-order valence-electron chi connectivity index (χ0n) is 15.2. The van der Waals surface area contributed by atoms with Crippen molar-refractivity contribution in [1.29, 1.82) is 0 Å². The Morgan fingerprint density at radius 2 is 1.96 bits per heavy atom. The van der Waals surface area contributed by atoms with E-state index in [4.69, 9.17) is 5.73 Å². The Hall–Kier alpha value is -2.94. The molecule has 4 heterocycles. The summed E-state index contributed by atoms with van der Waals surface area (Å²) in [6, 6.07) is 8.09. The average molecular weight is 388 g/mol. The summed E-state index contributed by atoms with van der Waals surface area (Å²) in [6.07, 6.45) is -2.76. The van der Waals surface area contributed by atoms with Crippen LogP contribution in [0.1, 0.15) is 22.5 Å². The van der Waals surface area contributed by atoms with Crippen LogP contribution in [0.4, 0.5) is 19.0 Å². The standard InChI is InChI=1S/C19H19F3N6/c1-12-15-11-27(10-13-5-6-16(19(20,21)22)25-18(13)23)8-9-28(15)26-17(12)14-4-2-3-7-24-14/h2-7H,8-11H2,1H3,(H2,23,25). The van der Waals surface area contributed by atoms with Crippen molar-refractivity contribution in [1.82, 2.24) is 24.6 Å². The monoisotopic (exact) mass is 388 g/mol. The van der Waals surface area contributed by atoms with Crippen molar-refractivity contribution in [2.45, 2.75) is 32.7 Å². The van der Waals surface area contributed by atoms with E-state index >= 15 is 0 Å². The van der Waals surface area contributed by atoms with Gasteiger partial charge in [0, 0.05) is 37.0 Å². The lowest BCUT2D eigenvalue weighted by Gasteiger charge is -2.28. The first-order chi connectivity index (χ1) is 13.3. The summed E-state index contributed by atoms with van der Waals surface area (Å²) in [7, 11) is 0. The highest BCUT2D eigenvalue weighted by Crippen LogP contribution is 2.30. The topological polar surface area (TPSA) is 72.9 Å². The summed E-state index contributed by atoms with van der Waals surface area (Å²) in [5.41, 5.74) is 9.20. The van der Waals surface area contributed by atoms with Gasteiger partial charge in [0.15, 0.2) is 0 Å². The van der Waals surface area contributed by atoms with Crippen molar-refractivity contribution in [3.05, 3.63) is 59.0 Å². The summed E-state index contributed by atoms with van der Waals surface area (Å²) in [4.78, 5) is 10.0. The zero-order chi connectivity index (χ0) is 19.9. The molecule has 0 spiro atoms. The third-order valence-electron chi connectivity index (χ3n) is 4.93. The van der Waals surface area contributed by atoms with Gasteiger partial charge in [0.2, 0.25) is 0 Å². The number of fused-ring (bicyclic) bond motifs is 1. The minimum Gasteiger partial charge on any atom is -0.383 e. The van der Waals surface area contributed by atoms with Gasteiger partial charge in [0.25, 0.3) is 0 Å². The maximum Gasteiger partial charge on any atom is 0.433 e. The van der Waals surface area contributed by atoms with E-state index in [0.717, 1.165) is 35.3 Å². The Kier molecular flexibility index (Phi) is 4.54. The van der Waals surface area contributed by atoms with Crippen molar-refractivity contribution in [3.63, 3.8) is 0 Å². The summed E-state index contributed by atoms with van der Waals surface area (Å²) in [5, 5.41) is 4.68. The van der Waals surface area contributed by atoms with Gasteiger partial charge >= 0.3 is 6.18 Å². The van der Waals surface area contributed by atoms with Gasteiger partial charge in [0.05, 0.1) is 17.9 Å². The number of hydrogen-bond acceptors (Lipinski definition) is 5. The Morgan fingerprint density at radius 3 is 2.64 bits per heavy atom. The van der Waals surface area contributed by atoms with Gasteiger partial charge in [-0.05, 0) is 25.1 Å². The Balaban J connectivity index is 1.54. The number of nitrogens with two attached hydrogens (primary N) is 1. The third-order valence-corrected chi connectivity index (χ3v) is 4.93. The molecule has 0 unspecified atom stereocenters. The number of rotatable bonds is 3. The molecule has 0 saturated heterocycles. The second-order valence-corrected chi connectivity index (χ2v) is 6.81. The van der Waals surface area contributed by atoms with Crippen LogP contribution in [0.2, 0.25) is 0 Å². The molecule has 9 heteroatoms. The van der Waals surface area contributed by atoms with Gasteiger partial charge in [0.1, 0.15) is 17.2 Å². The molecular weight excluding hydrogens is 369 g/mol. The van der Waals surface area contributed by atoms with Crippen LogP contribution in [-0.2, 0) is 25.8 Å². The summed E-state index contributed by atoms with van der Waals surface area (Å²) < 4.78 is 40.3. The van der Waals surface area contributed by atoms with E-state index in [0.29, 0.717) is 25.2 Å². The molecule has 28 heavy (non-hydrogen) atoms. The normalized spacial score (nSPS) is 14.9. The molecule has 1 aliphatic rings. The Morgan fingerprint density at radius 1 is 1.14 bits per heavy atom. The molecule has 3 aromatic rings. The van der Waals surface area contributed by atoms with Crippen LogP contribution in [0, 0.1) is 6.92 Å². The number of pyridine rings is 2. The number of alkyl halides is 3. The van der Waals surface area contributed by atoms with Crippen LogP contribution in [0.5, 0.6) is 0 Å². The van der Waals surface area contributed by atoms with E-state index in [9.17, 15) is 13.2 Å². The molecule has 0 atom stereocenters. The fraction of sp³-hybridized carbons (Fsp3) is 0.316. The molecular formula is C19H19F3N6. The lowest BCUT2D eigenvalue weighted by atomic mass is 10.1. The van der Waals surface area contributed by atoms with E-state index in [1.807, 2.05) is 29.8 Å². The number of hydrogen-bond donors (Lipinski definition) is 1. The highest BCUT2D eigenvalue weighted by Gasteiger charge is 2.33. The first kappa shape index (κ1) is 18.4. The van der Waals surface area contributed by atoms with Gasteiger partial charge in [-0.2, -0.15) is 18.3 Å². The lowest BCUT2D eigenvalue weighted by Crippen LogP contribution is -2.34. The van der Waals surface area contributed by atoms with Crippen molar-refractivity contribution in [3.8, 4) is 11.4 Å². The van der Waals surface area contributed by atoms with Gasteiger partial charge in [-0.15, -0.1) is 0 Å². The van der Waals surface area contributed by atoms with Crippen LogP contribution in [0.3, 0.4) is 0 Å². The molecule has 4 rings (SSSR count). The minimum atomic E-state index is -4.50. The number of anilines is 1. The summed E-state index contributed by atoms with van der Waals surface area (Å²) >= 11 is 0. The summed E-state index contributed by atoms with van der Waals surface area (Å²) in [5.74, 6) is -0.0835. The number of nitrogens with zero attached hydrogens (tertiary/aromatic N) is 5. The van der Waals surface area contributed by atoms with Gasteiger partial charge < -0.3 is 5.73 Å². The molecule has 3 aromatic heterocycles. The number of nitrogen functional groups attached to an aromatic ring is 1. The minimum absolute atomic E-state index is 0.0835. The first-order valence-corrected chi connectivity index (χ1v) is 8.85. The maximum absolute atomic E-state index is 12.8. The molecule has 0 fully saturated rings. The molecule has 2 N–H and O–H groups in total. The summed E-state index contributed by atoms with van der Waals surface area (Å²) in [6.45, 7) is 4.49. The van der Waals surface area contributed by atoms with Crippen molar-refractivity contribution >= 4 is 5.82 Å². The Labute approximate surface area is 159 Å². The van der Waals surface area contributed by atoms with Gasteiger partial charge in [-0.3, -0.25) is 14.6 Å².